The molecule has 8 aromatic rings. The van der Waals surface area contributed by atoms with Crippen LogP contribution in [0.2, 0.25) is 0 Å². The number of anilines is 5. The average molecular weight is 2220 g/mol. The van der Waals surface area contributed by atoms with Crippen LogP contribution in [0.1, 0.15) is 69.0 Å². The Balaban J connectivity index is 0.717. The molecule has 28 atom stereocenters. The number of nitrogens with two attached hydrogens (primary N) is 6. The summed E-state index contributed by atoms with van der Waals surface area (Å²) in [7, 11) is -4.93. The van der Waals surface area contributed by atoms with Gasteiger partial charge in [0.15, 0.2) is 65.2 Å². The summed E-state index contributed by atoms with van der Waals surface area (Å²) in [6.07, 6.45) is -24.8. The van der Waals surface area contributed by atoms with E-state index in [2.05, 4.69) is 78.6 Å². The number of H-pyrrole nitrogens is 1. The molecule has 6 fully saturated rings. The molecule has 61 nitrogen and oxygen atoms in total. The number of nitrogens with zero attached hydrogens (tertiary/aromatic N) is 17. The number of methoxy groups -OCH3 is 5. The number of rotatable bonds is 52. The highest BCUT2D eigenvalue weighted by Gasteiger charge is 2.59. The van der Waals surface area contributed by atoms with Crippen LogP contribution in [0.25, 0.3) is 33.5 Å². The maximum absolute atomic E-state index is 15.7. The summed E-state index contributed by atoms with van der Waals surface area (Å²) in [6.45, 7) is -10.6. The molecule has 0 spiro atoms. The fraction of sp³-hybridized carbons (Fsp3) is 0.636. The Labute approximate surface area is 844 Å². The van der Waals surface area contributed by atoms with Crippen molar-refractivity contribution in [1.29, 1.82) is 0 Å². The van der Waals surface area contributed by atoms with E-state index in [4.69, 9.17) is 179 Å². The van der Waals surface area contributed by atoms with E-state index < -0.39 is 234 Å². The van der Waals surface area contributed by atoms with Gasteiger partial charge in [0.25, 0.3) is 5.56 Å². The predicted molar refractivity (Wildman–Crippen MR) is 514 cm³/mol. The van der Waals surface area contributed by atoms with Crippen LogP contribution in [0.3, 0.4) is 0 Å². The number of aromatic nitrogens is 16. The van der Waals surface area contributed by atoms with Crippen LogP contribution in [0.4, 0.5) is 29.2 Å². The van der Waals surface area contributed by atoms with Crippen LogP contribution < -0.4 is 51.3 Å². The molecule has 7 aliphatic heterocycles. The number of ether oxygens (including phenoxy) is 16. The minimum atomic E-state index is -5.93. The number of hydrogen-bond acceptors (Lipinski definition) is 53. The van der Waals surface area contributed by atoms with Gasteiger partial charge in [-0.15, -0.1) is 0 Å². The molecule has 0 bridgehead atoms. The lowest BCUT2D eigenvalue weighted by Crippen LogP contribution is -2.44. The number of aromatic amines is 1. The number of fused-ring (bicyclic) bond motifs is 3. The quantitative estimate of drug-likeness (QED) is 0.0137. The number of imidazole rings is 3. The molecule has 0 amide bonds. The van der Waals surface area contributed by atoms with Gasteiger partial charge in [-0.3, -0.25) is 64.3 Å². The van der Waals surface area contributed by atoms with E-state index in [-0.39, 0.29) is 140 Å². The largest absolute Gasteiger partial charge is 0.472 e. The Morgan fingerprint density at radius 2 is 0.856 bits per heavy atom. The number of amidine groups is 1. The van der Waals surface area contributed by atoms with Crippen molar-refractivity contribution in [2.75, 3.05) is 163 Å². The third-order valence-electron chi connectivity index (χ3n) is 23.9. The van der Waals surface area contributed by atoms with E-state index in [1.165, 1.54) is 94.8 Å². The number of phosphoric acid groups is 2. The standard InChI is InChI=1S/C77H113N24O37P5S3/c1-11-40-41(22-47(128-40)99-33-88-48-64(81)84-31-86-66(48)99)134-141(110,144)126-29-45-53(58(120-19-14-115-8)74(132-45)101-35-90-50-68(101)94-75(83)95-69(50)103)136-139(106,107)123-27-43-52(57(119-18-13-114-7)71(130-43)97-24-37(3)62(79)92-76(97)104)135-140(108,109)124-28-44-54(59(121-20-15-116-9)72(131-44)98-25-38(4)63(80)93-77(98)105)137-143(112,146)127-30-46-55(60(122-21-16-117-10)73(133-46)100-34-89-49-65(82)85-32-87-67(49)100)138-142(111,145)125-26-42-51(102)56(118-17-12-113-6)70(129-42)96-23-36(2)61(78)91-39(96)5/h23-25,31-35,40-47,51-60,70-74,102H,5,11-22,26-30H2,1-4,6-10H3,(H2,78,91)(H,106,107)(H,108,109)(H,110,144)(H,111,145)(H,112,146)(H2,79,92,104)(H2,80,93,105)(H2,81,84,86)(H2,82,85,87)(H3,83,94,95,103)/t40-,41-,42-,43-,44-,45-,46-,47-,51+,52+,53+,54+,55+,56?,57?,58?,59?,60?,70-,71-,72-,73-,74-,141?,142?,143?/m1/s1. The third kappa shape index (κ3) is 26.0. The Bertz CT molecular complexity index is 6440. The lowest BCUT2D eigenvalue weighted by Gasteiger charge is -2.33. The maximum atomic E-state index is 15.7. The number of aliphatic hydroxyl groups excluding tert-OH is 1. The minimum absolute atomic E-state index is 0.0174. The molecule has 6 saturated heterocycles. The number of nitrogens with one attached hydrogen (secondary N) is 1. The van der Waals surface area contributed by atoms with Crippen molar-refractivity contribution in [2.45, 2.75) is 182 Å². The first-order valence-corrected chi connectivity index (χ1v) is 55.6. The summed E-state index contributed by atoms with van der Waals surface area (Å²) in [5, 5.41) is 11.9. The fourth-order valence-electron chi connectivity index (χ4n) is 16.8. The molecule has 8 aromatic heterocycles. The summed E-state index contributed by atoms with van der Waals surface area (Å²) in [4.78, 5) is 141. The Hall–Kier alpha value is -7.94. The van der Waals surface area contributed by atoms with Gasteiger partial charge < -0.3 is 153 Å². The number of hydrogen-bond donors (Lipinski definition) is 13. The zero-order chi connectivity index (χ0) is 105. The topological polar surface area (TPSA) is 785 Å². The number of nitrogen functional groups attached to an aromatic ring is 5. The van der Waals surface area contributed by atoms with Crippen LogP contribution in [0, 0.1) is 13.8 Å². The zero-order valence-electron chi connectivity index (χ0n) is 79.5. The molecule has 18 N–H and O–H groups in total. The lowest BCUT2D eigenvalue weighted by molar-refractivity contribution is -0.0936. The second-order valence-corrected chi connectivity index (χ2v) is 44.8. The van der Waals surface area contributed by atoms with Crippen LogP contribution in [-0.2, 0) is 158 Å². The van der Waals surface area contributed by atoms with E-state index in [9.17, 15) is 39.1 Å². The molecular weight excluding hydrogens is 2100 g/mol. The summed E-state index contributed by atoms with van der Waals surface area (Å²) in [5.74, 6) is -0.449. The smallest absolute Gasteiger partial charge is 0.387 e. The number of aliphatic imine (C=N–C) groups is 1. The van der Waals surface area contributed by atoms with E-state index in [1.54, 1.807) is 24.6 Å². The molecule has 806 valence electrons. The van der Waals surface area contributed by atoms with E-state index >= 15 is 13.7 Å². The lowest BCUT2D eigenvalue weighted by atomic mass is 10.1. The average Bonchev–Trinajstić information content (AvgIpc) is 1.66. The van der Waals surface area contributed by atoms with E-state index in [1.807, 2.05) is 0 Å². The third-order valence-corrected chi connectivity index (χ3v) is 30.6. The van der Waals surface area contributed by atoms with Crippen LogP contribution in [-0.4, -0.2) is 358 Å². The molecule has 0 aromatic carbocycles. The van der Waals surface area contributed by atoms with Crippen LogP contribution in [0.15, 0.2) is 87.6 Å². The molecule has 15 rings (SSSR count). The van der Waals surface area contributed by atoms with Gasteiger partial charge in [0.05, 0.1) is 130 Å². The van der Waals surface area contributed by atoms with E-state index in [0.29, 0.717) is 23.2 Å². The van der Waals surface area contributed by atoms with Gasteiger partial charge in [-0.1, -0.05) is 25.8 Å². The molecular formula is C77H113N24O37P5S3. The molecule has 15 heterocycles. The first kappa shape index (κ1) is 112. The highest BCUT2D eigenvalue weighted by molar-refractivity contribution is 8.44. The second-order valence-electron chi connectivity index (χ2n) is 33.5. The molecule has 0 radical (unpaired) electrons. The summed E-state index contributed by atoms with van der Waals surface area (Å²) >= 11 is 15.9. The van der Waals surface area contributed by atoms with Crippen molar-refractivity contribution >= 4 is 140 Å². The fourth-order valence-corrected chi connectivity index (χ4v) is 23.2. The normalized spacial score (nSPS) is 29.7. The summed E-state index contributed by atoms with van der Waals surface area (Å²) < 4.78 is 211. The van der Waals surface area contributed by atoms with Gasteiger partial charge in [-0.25, -0.2) is 63.2 Å². The summed E-state index contributed by atoms with van der Waals surface area (Å²) in [6, 6.07) is 0. The van der Waals surface area contributed by atoms with Crippen molar-refractivity contribution < 1.29 is 159 Å². The number of phosphoric ester groups is 2. The molecule has 10 unspecified atom stereocenters. The van der Waals surface area contributed by atoms with Gasteiger partial charge in [0.2, 0.25) is 5.95 Å². The second kappa shape index (κ2) is 48.4. The first-order chi connectivity index (χ1) is 69.6. The number of aliphatic hydroxyl groups is 1. The van der Waals surface area contributed by atoms with Crippen molar-refractivity contribution in [2.24, 2.45) is 10.7 Å². The Kier molecular flexibility index (Phi) is 37.2. The van der Waals surface area contributed by atoms with Gasteiger partial charge in [-0.2, -0.15) is 15.0 Å². The molecule has 0 aliphatic carbocycles. The van der Waals surface area contributed by atoms with Crippen molar-refractivity contribution in [3.05, 3.63) is 111 Å². The number of aryl methyl sites for hydroxylation is 2. The van der Waals surface area contributed by atoms with E-state index in [0.717, 1.165) is 21.8 Å². The zero-order valence-corrected chi connectivity index (χ0v) is 86.5. The highest BCUT2D eigenvalue weighted by Crippen LogP contribution is 2.60. The Morgan fingerprint density at radius 3 is 1.33 bits per heavy atom. The predicted octanol–water partition coefficient (Wildman–Crippen LogP) is 0.101. The summed E-state index contributed by atoms with van der Waals surface area (Å²) in [5.41, 5.74) is 35.2. The van der Waals surface area contributed by atoms with Gasteiger partial charge in [0.1, 0.15) is 145 Å². The maximum Gasteiger partial charge on any atom is 0.472 e. The minimum Gasteiger partial charge on any atom is -0.387 e. The van der Waals surface area contributed by atoms with Crippen molar-refractivity contribution in [1.82, 2.24) is 82.6 Å². The van der Waals surface area contributed by atoms with Crippen LogP contribution in [0.5, 0.6) is 0 Å². The molecule has 146 heavy (non-hydrogen) atoms. The Morgan fingerprint density at radius 1 is 0.459 bits per heavy atom. The SMILES string of the molecule is C=C1N=C(N)C(C)=CN1[C@@H]1O[C@H](COP(O)(=S)O[C@@H]2C(OCCOC)[C@H](n3cnc4c(N)ncnc43)O[C@@H]2COP(=O)(S)O[C@@H]2C(OCCOC)[C@H](n3cc(C)c(N)nc3=O)O[C@@H]2COP(=O)(O)O[C@@H]2C(OCCOC)[C@H](n3cc(C)c(N)nc3=O)O[C@@H]2COP(=O)(O)O[C@@H]2C(OCCOC)[C@H](n3cnc4c(=O)[nH]c(N)nc43)O[C@@H]2COP(O)(=S)O[C@@H]2C[C@H](n3cnc4c(N)ncnc43)O[C@@H]2CC)[C@H](O)C1OCCOC. The highest BCUT2D eigenvalue weighted by atomic mass is 32.7. The first-order valence-electron chi connectivity index (χ1n) is 44.8. The molecule has 69 heteroatoms. The van der Waals surface area contributed by atoms with Crippen molar-refractivity contribution in [3.63, 3.8) is 0 Å². The van der Waals surface area contributed by atoms with Gasteiger partial charge in [-0.05, 0) is 50.8 Å². The number of thiol groups is 1. The van der Waals surface area contributed by atoms with Gasteiger partial charge >= 0.3 is 47.3 Å². The molecule has 0 saturated carbocycles. The molecule has 7 aliphatic rings. The van der Waals surface area contributed by atoms with Crippen molar-refractivity contribution in [3.8, 4) is 0 Å². The van der Waals surface area contributed by atoms with Gasteiger partial charge in [0, 0.05) is 77.3 Å². The monoisotopic (exact) mass is 2220 g/mol. The van der Waals surface area contributed by atoms with Crippen LogP contribution >= 0.6 is 48.1 Å².